The van der Waals surface area contributed by atoms with Crippen molar-refractivity contribution in [3.05, 3.63) is 11.8 Å². The molecule has 0 aromatic rings. The largest absolute Gasteiger partial charge is 0.478 e. The number of aliphatic hydroxyl groups is 2. The van der Waals surface area contributed by atoms with E-state index in [9.17, 15) is 19.8 Å². The first kappa shape index (κ1) is 19.7. The van der Waals surface area contributed by atoms with Crippen LogP contribution in [-0.4, -0.2) is 77.3 Å². The maximum absolute atomic E-state index is 11.5. The highest BCUT2D eigenvalue weighted by molar-refractivity contribution is 5.85. The Kier molecular flexibility index (Phi) is 6.95. The van der Waals surface area contributed by atoms with Gasteiger partial charge in [0, 0.05) is 14.0 Å². The molecule has 0 aliphatic carbocycles. The number of ether oxygens (including phenoxy) is 2. The summed E-state index contributed by atoms with van der Waals surface area (Å²) >= 11 is 0. The quantitative estimate of drug-likeness (QED) is 0.119. The second-order valence-corrected chi connectivity index (χ2v) is 5.14. The lowest BCUT2D eigenvalue weighted by Gasteiger charge is -2.39. The normalized spacial score (nSPS) is 25.7. The summed E-state index contributed by atoms with van der Waals surface area (Å²) in [5.74, 6) is -2.63. The molecule has 0 aromatic carbocycles. The lowest BCUT2D eigenvalue weighted by Crippen LogP contribution is -2.60. The predicted octanol–water partition coefficient (Wildman–Crippen LogP) is -3.13. The minimum atomic E-state index is -1.38. The summed E-state index contributed by atoms with van der Waals surface area (Å²) in [6.07, 6.45) is -2.56. The van der Waals surface area contributed by atoms with Gasteiger partial charge in [-0.1, -0.05) is 0 Å². The van der Waals surface area contributed by atoms with Crippen molar-refractivity contribution in [2.45, 2.75) is 37.3 Å². The van der Waals surface area contributed by atoms with Crippen molar-refractivity contribution in [2.24, 2.45) is 16.5 Å². The van der Waals surface area contributed by atoms with Gasteiger partial charge in [-0.25, -0.2) is 9.79 Å². The van der Waals surface area contributed by atoms with Crippen molar-refractivity contribution in [3.8, 4) is 0 Å². The molecule has 11 nitrogen and oxygen atoms in total. The maximum Gasteiger partial charge on any atom is 0.370 e. The molecule has 0 saturated carbocycles. The summed E-state index contributed by atoms with van der Waals surface area (Å²) in [4.78, 5) is 26.6. The topological polar surface area (TPSA) is 190 Å². The van der Waals surface area contributed by atoms with Gasteiger partial charge in [0.25, 0.3) is 0 Å². The van der Waals surface area contributed by atoms with Gasteiger partial charge < -0.3 is 41.6 Å². The Morgan fingerprint density at radius 1 is 1.50 bits per heavy atom. The van der Waals surface area contributed by atoms with Crippen LogP contribution in [-0.2, 0) is 19.1 Å². The van der Waals surface area contributed by atoms with Crippen LogP contribution < -0.4 is 16.8 Å². The summed E-state index contributed by atoms with van der Waals surface area (Å²) in [5.41, 5.74) is 10.7. The van der Waals surface area contributed by atoms with E-state index in [1.165, 1.54) is 14.0 Å². The molecular weight excluding hydrogens is 327 g/mol. The fraction of sp³-hybridized carbons (Fsp3) is 0.615. The van der Waals surface area contributed by atoms with Crippen LogP contribution in [0.2, 0.25) is 0 Å². The Morgan fingerprint density at radius 2 is 2.12 bits per heavy atom. The maximum atomic E-state index is 11.5. The first-order chi connectivity index (χ1) is 11.2. The highest BCUT2D eigenvalue weighted by Crippen LogP contribution is 2.26. The third-order valence-electron chi connectivity index (χ3n) is 3.35. The number of methoxy groups -OCH3 is 1. The van der Waals surface area contributed by atoms with Crippen LogP contribution in [0, 0.1) is 0 Å². The summed E-state index contributed by atoms with van der Waals surface area (Å²) in [7, 11) is 1.24. The van der Waals surface area contributed by atoms with Gasteiger partial charge in [-0.05, 0) is 6.08 Å². The number of carbonyl (C=O) groups excluding carboxylic acids is 1. The molecule has 0 spiro atoms. The van der Waals surface area contributed by atoms with E-state index in [1.54, 1.807) is 0 Å². The van der Waals surface area contributed by atoms with Crippen molar-refractivity contribution < 1.29 is 34.4 Å². The van der Waals surface area contributed by atoms with E-state index in [4.69, 9.17) is 26.0 Å². The van der Waals surface area contributed by atoms with Gasteiger partial charge in [-0.2, -0.15) is 0 Å². The van der Waals surface area contributed by atoms with E-state index in [0.717, 1.165) is 6.08 Å². The van der Waals surface area contributed by atoms with Crippen molar-refractivity contribution >= 4 is 17.8 Å². The highest BCUT2D eigenvalue weighted by Gasteiger charge is 2.44. The zero-order valence-corrected chi connectivity index (χ0v) is 13.2. The number of carboxylic acids is 1. The number of aliphatic carboxylic acids is 1. The molecule has 1 heterocycles. The third kappa shape index (κ3) is 4.81. The summed E-state index contributed by atoms with van der Waals surface area (Å²) in [6, 6.07) is -1.90. The number of carbonyl (C=O) groups is 2. The number of rotatable bonds is 7. The first-order valence-corrected chi connectivity index (χ1v) is 7.00. The Hall–Kier alpha value is -2.37. The molecule has 1 unspecified atom stereocenters. The van der Waals surface area contributed by atoms with E-state index in [2.05, 4.69) is 10.3 Å². The number of amides is 1. The highest BCUT2D eigenvalue weighted by atomic mass is 16.6. The summed E-state index contributed by atoms with van der Waals surface area (Å²) in [5, 5.41) is 30.8. The van der Waals surface area contributed by atoms with Gasteiger partial charge in [0.05, 0.1) is 18.7 Å². The summed E-state index contributed by atoms with van der Waals surface area (Å²) < 4.78 is 10.5. The molecule has 8 N–H and O–H groups in total. The number of nitrogens with two attached hydrogens (primary N) is 2. The second-order valence-electron chi connectivity index (χ2n) is 5.14. The molecule has 0 aromatic heterocycles. The summed E-state index contributed by atoms with van der Waals surface area (Å²) in [6.45, 7) is 0.578. The number of carboxylic acid groups (broad SMARTS) is 1. The van der Waals surface area contributed by atoms with Crippen LogP contribution in [0.15, 0.2) is 16.8 Å². The van der Waals surface area contributed by atoms with Gasteiger partial charge >= 0.3 is 5.97 Å². The number of guanidine groups is 1. The number of nitrogens with one attached hydrogen (secondary N) is 1. The molecule has 5 atom stereocenters. The van der Waals surface area contributed by atoms with Crippen LogP contribution in [0.25, 0.3) is 0 Å². The van der Waals surface area contributed by atoms with Gasteiger partial charge in [0.1, 0.15) is 12.2 Å². The zero-order valence-electron chi connectivity index (χ0n) is 13.2. The average Bonchev–Trinajstić information content (AvgIpc) is 2.49. The lowest BCUT2D eigenvalue weighted by molar-refractivity contribution is -0.149. The number of aliphatic hydroxyl groups excluding tert-OH is 2. The van der Waals surface area contributed by atoms with Crippen LogP contribution >= 0.6 is 0 Å². The SMILES string of the molecule is CO[C@@H](C1OC(C(=O)O)=C[C@H](N=[13C]([15NH2])[15NH2])[C@H]1NC(C)=O)[C@H](O)CO. The molecule has 11 heteroatoms. The van der Waals surface area contributed by atoms with Crippen LogP contribution in [0.5, 0.6) is 0 Å². The number of nitrogens with zero attached hydrogens (tertiary/aromatic N) is 1. The lowest BCUT2D eigenvalue weighted by atomic mass is 9.92. The van der Waals surface area contributed by atoms with Crippen molar-refractivity contribution in [1.29, 1.82) is 0 Å². The fourth-order valence-corrected chi connectivity index (χ4v) is 2.41. The number of hydrogen-bond acceptors (Lipinski definition) is 7. The van der Waals surface area contributed by atoms with Crippen molar-refractivity contribution in [1.82, 2.24) is 5.32 Å². The molecule has 0 bridgehead atoms. The molecule has 1 aliphatic rings. The Labute approximate surface area is 137 Å². The van der Waals surface area contributed by atoms with Crippen LogP contribution in [0.1, 0.15) is 6.92 Å². The van der Waals surface area contributed by atoms with E-state index in [1.807, 2.05) is 0 Å². The Morgan fingerprint density at radius 3 is 2.54 bits per heavy atom. The molecule has 1 aliphatic heterocycles. The van der Waals surface area contributed by atoms with Gasteiger partial charge in [-0.3, -0.25) is 4.79 Å². The standard InChI is InChI=1S/C13H22N4O7/c1-5(19)16-9-6(17-13(14)15)3-8(12(21)22)24-11(9)10(23-2)7(20)4-18/h3,6-7,9-11,18,20H,4H2,1-2H3,(H,16,19)(H,21,22)(H4,14,15,17)/t6-,7+,9+,10+,11?/m0/s1/i13+1,14+1,15+1. The minimum Gasteiger partial charge on any atom is -0.478 e. The average molecular weight is 349 g/mol. The fourth-order valence-electron chi connectivity index (χ4n) is 2.41. The Bertz CT molecular complexity index is 532. The molecule has 0 radical (unpaired) electrons. The molecule has 136 valence electrons. The van der Waals surface area contributed by atoms with E-state index < -0.39 is 54.6 Å². The van der Waals surface area contributed by atoms with Crippen molar-refractivity contribution in [3.63, 3.8) is 0 Å². The zero-order chi connectivity index (χ0) is 18.4. The van der Waals surface area contributed by atoms with E-state index in [0.29, 0.717) is 0 Å². The first-order valence-electron chi connectivity index (χ1n) is 7.00. The van der Waals surface area contributed by atoms with Gasteiger partial charge in [0.15, 0.2) is 12.1 Å². The monoisotopic (exact) mass is 349 g/mol. The van der Waals surface area contributed by atoms with Crippen LogP contribution in [0.3, 0.4) is 0 Å². The van der Waals surface area contributed by atoms with Gasteiger partial charge in [-0.15, -0.1) is 0 Å². The Balaban J connectivity index is 3.34. The molecule has 24 heavy (non-hydrogen) atoms. The van der Waals surface area contributed by atoms with Crippen molar-refractivity contribution in [2.75, 3.05) is 13.7 Å². The predicted molar refractivity (Wildman–Crippen MR) is 81.7 cm³/mol. The molecule has 1 rings (SSSR count). The van der Waals surface area contributed by atoms with Crippen LogP contribution in [0.4, 0.5) is 0 Å². The van der Waals surface area contributed by atoms with Gasteiger partial charge in [0.2, 0.25) is 11.7 Å². The number of aliphatic imine (C=N–C) groups is 1. The number of hydrogen-bond donors (Lipinski definition) is 6. The molecule has 0 fully saturated rings. The van der Waals surface area contributed by atoms with E-state index >= 15 is 0 Å². The molecule has 0 saturated heterocycles. The molecular formula is C13H22N4O7. The second kappa shape index (κ2) is 8.47. The van der Waals surface area contributed by atoms with E-state index in [-0.39, 0.29) is 5.96 Å². The smallest absolute Gasteiger partial charge is 0.370 e. The minimum absolute atomic E-state index is 0.325. The molecule has 1 amide bonds. The third-order valence-corrected chi connectivity index (χ3v) is 3.35.